The van der Waals surface area contributed by atoms with Crippen molar-refractivity contribution < 1.29 is 4.79 Å². The van der Waals surface area contributed by atoms with Crippen LogP contribution in [0.25, 0.3) is 0 Å². The Morgan fingerprint density at radius 1 is 0.595 bits per heavy atom. The van der Waals surface area contributed by atoms with E-state index in [0.29, 0.717) is 18.5 Å². The maximum Gasteiger partial charge on any atom is 0.221 e. The van der Waals surface area contributed by atoms with Crippen LogP contribution in [0, 0.1) is 0 Å². The summed E-state index contributed by atoms with van der Waals surface area (Å²) < 4.78 is 0. The summed E-state index contributed by atoms with van der Waals surface area (Å²) in [5.74, 6) is 0.196. The molecule has 0 aromatic carbocycles. The van der Waals surface area contributed by atoms with Gasteiger partial charge in [-0.25, -0.2) is 0 Å². The number of hydrogen-bond donors (Lipinski definition) is 3. The molecule has 0 saturated heterocycles. The van der Waals surface area contributed by atoms with Crippen molar-refractivity contribution in [3.8, 4) is 0 Å². The van der Waals surface area contributed by atoms with Crippen LogP contribution in [0.1, 0.15) is 175 Å². The third-order valence-electron chi connectivity index (χ3n) is 8.56. The molecule has 2 unspecified atom stereocenters. The monoisotopic (exact) mass is 593 g/mol. The standard InChI is InChI=1S/C37H76N4O/c1-7-9-11-13-15-17-19-21-23-26-34(3)39-36(5)28-31-38-30-25-32-41(6)33-29-37(42)40-35(4)27-24-22-20-18-16-14-12-10-8-2/h34-35,38-39H,5,7-33H2,1-4,6H3,(H,40,42). The smallest absolute Gasteiger partial charge is 0.221 e. The van der Waals surface area contributed by atoms with Gasteiger partial charge in [0.2, 0.25) is 5.91 Å². The number of nitrogens with one attached hydrogen (secondary N) is 3. The molecule has 5 heteroatoms. The van der Waals surface area contributed by atoms with Crippen LogP contribution in [0.3, 0.4) is 0 Å². The fourth-order valence-electron chi connectivity index (χ4n) is 5.68. The highest BCUT2D eigenvalue weighted by Gasteiger charge is 2.09. The van der Waals surface area contributed by atoms with Gasteiger partial charge in [0.1, 0.15) is 0 Å². The highest BCUT2D eigenvalue weighted by atomic mass is 16.1. The first-order chi connectivity index (χ1) is 20.4. The number of rotatable bonds is 33. The molecule has 0 aromatic heterocycles. The third-order valence-corrected chi connectivity index (χ3v) is 8.56. The van der Waals surface area contributed by atoms with Gasteiger partial charge in [0.05, 0.1) is 0 Å². The van der Waals surface area contributed by atoms with Crippen LogP contribution in [-0.2, 0) is 4.79 Å². The van der Waals surface area contributed by atoms with Crippen LogP contribution in [-0.4, -0.2) is 56.1 Å². The van der Waals surface area contributed by atoms with Crippen LogP contribution < -0.4 is 16.0 Å². The Labute approximate surface area is 264 Å². The van der Waals surface area contributed by atoms with E-state index in [-0.39, 0.29) is 5.91 Å². The van der Waals surface area contributed by atoms with Gasteiger partial charge in [-0.1, -0.05) is 136 Å². The maximum atomic E-state index is 12.3. The molecule has 0 aliphatic heterocycles. The number of hydrogen-bond acceptors (Lipinski definition) is 4. The minimum atomic E-state index is 0.196. The lowest BCUT2D eigenvalue weighted by Gasteiger charge is -2.19. The molecule has 0 fully saturated rings. The number of carbonyl (C=O) groups is 1. The Bertz CT molecular complexity index is 596. The maximum absolute atomic E-state index is 12.3. The normalized spacial score (nSPS) is 12.9. The molecule has 0 rings (SSSR count). The summed E-state index contributed by atoms with van der Waals surface area (Å²) in [6.45, 7) is 17.1. The largest absolute Gasteiger partial charge is 0.386 e. The summed E-state index contributed by atoms with van der Waals surface area (Å²) in [6, 6.07) is 0.810. The summed E-state index contributed by atoms with van der Waals surface area (Å²) >= 11 is 0. The number of amides is 1. The zero-order valence-electron chi connectivity index (χ0n) is 29.3. The van der Waals surface area contributed by atoms with Crippen LogP contribution in [0.4, 0.5) is 0 Å². The van der Waals surface area contributed by atoms with Crippen molar-refractivity contribution in [2.24, 2.45) is 0 Å². The lowest BCUT2D eigenvalue weighted by molar-refractivity contribution is -0.122. The van der Waals surface area contributed by atoms with Gasteiger partial charge in [-0.3, -0.25) is 4.79 Å². The Balaban J connectivity index is 3.57. The summed E-state index contributed by atoms with van der Waals surface area (Å²) in [5, 5.41) is 10.4. The van der Waals surface area contributed by atoms with E-state index >= 15 is 0 Å². The molecular weight excluding hydrogens is 516 g/mol. The van der Waals surface area contributed by atoms with Crippen molar-refractivity contribution in [3.63, 3.8) is 0 Å². The van der Waals surface area contributed by atoms with E-state index in [1.54, 1.807) is 0 Å². The highest BCUT2D eigenvalue weighted by molar-refractivity contribution is 5.76. The summed E-state index contributed by atoms with van der Waals surface area (Å²) in [7, 11) is 2.12. The SMILES string of the molecule is C=C(CCNCCCN(C)CCC(=O)NC(C)CCCCCCCCCCC)NC(C)CCCCCCCCCCC. The molecule has 3 N–H and O–H groups in total. The van der Waals surface area contributed by atoms with E-state index in [4.69, 9.17) is 0 Å². The first-order valence-electron chi connectivity index (χ1n) is 18.5. The van der Waals surface area contributed by atoms with E-state index in [2.05, 4.69) is 62.2 Å². The predicted molar refractivity (Wildman–Crippen MR) is 187 cm³/mol. The molecule has 0 aliphatic rings. The highest BCUT2D eigenvalue weighted by Crippen LogP contribution is 2.13. The fourth-order valence-corrected chi connectivity index (χ4v) is 5.68. The Morgan fingerprint density at radius 3 is 1.55 bits per heavy atom. The van der Waals surface area contributed by atoms with Gasteiger partial charge >= 0.3 is 0 Å². The molecule has 0 aromatic rings. The van der Waals surface area contributed by atoms with E-state index in [0.717, 1.165) is 51.1 Å². The molecule has 0 radical (unpaired) electrons. The topological polar surface area (TPSA) is 56.4 Å². The first-order valence-corrected chi connectivity index (χ1v) is 18.5. The molecular formula is C37H76N4O. The molecule has 42 heavy (non-hydrogen) atoms. The zero-order valence-corrected chi connectivity index (χ0v) is 29.3. The predicted octanol–water partition coefficient (Wildman–Crippen LogP) is 9.52. The molecule has 0 saturated carbocycles. The second-order valence-corrected chi connectivity index (χ2v) is 13.3. The summed E-state index contributed by atoms with van der Waals surface area (Å²) in [4.78, 5) is 14.6. The minimum Gasteiger partial charge on any atom is -0.386 e. The molecule has 0 bridgehead atoms. The van der Waals surface area contributed by atoms with E-state index < -0.39 is 0 Å². The summed E-state index contributed by atoms with van der Waals surface area (Å²) in [6.07, 6.45) is 29.7. The Morgan fingerprint density at radius 2 is 1.05 bits per heavy atom. The fraction of sp³-hybridized carbons (Fsp3) is 0.919. The van der Waals surface area contributed by atoms with Gasteiger partial charge in [0.25, 0.3) is 0 Å². The van der Waals surface area contributed by atoms with Crippen molar-refractivity contribution in [2.75, 3.05) is 33.2 Å². The minimum absolute atomic E-state index is 0.196. The number of carbonyl (C=O) groups excluding carboxylic acids is 1. The second kappa shape index (κ2) is 31.4. The molecule has 250 valence electrons. The zero-order chi connectivity index (χ0) is 31.1. The van der Waals surface area contributed by atoms with E-state index in [1.165, 1.54) is 122 Å². The van der Waals surface area contributed by atoms with Crippen molar-refractivity contribution in [1.82, 2.24) is 20.9 Å². The van der Waals surface area contributed by atoms with Crippen LogP contribution >= 0.6 is 0 Å². The molecule has 5 nitrogen and oxygen atoms in total. The first kappa shape index (κ1) is 40.9. The average Bonchev–Trinajstić information content (AvgIpc) is 2.96. The summed E-state index contributed by atoms with van der Waals surface area (Å²) in [5.41, 5.74) is 1.15. The van der Waals surface area contributed by atoms with E-state index in [9.17, 15) is 4.79 Å². The second-order valence-electron chi connectivity index (χ2n) is 13.3. The van der Waals surface area contributed by atoms with Crippen molar-refractivity contribution in [2.45, 2.75) is 187 Å². The molecule has 0 spiro atoms. The van der Waals surface area contributed by atoms with Crippen molar-refractivity contribution in [1.29, 1.82) is 0 Å². The quantitative estimate of drug-likeness (QED) is 0.0664. The Hall–Kier alpha value is -1.07. The van der Waals surface area contributed by atoms with E-state index in [1.807, 2.05) is 0 Å². The lowest BCUT2D eigenvalue weighted by atomic mass is 10.0. The van der Waals surface area contributed by atoms with Gasteiger partial charge in [-0.2, -0.15) is 0 Å². The lowest BCUT2D eigenvalue weighted by Crippen LogP contribution is -2.35. The van der Waals surface area contributed by atoms with Gasteiger partial charge in [-0.15, -0.1) is 0 Å². The average molecular weight is 593 g/mol. The number of unbranched alkanes of at least 4 members (excludes halogenated alkanes) is 16. The third kappa shape index (κ3) is 30.4. The molecule has 2 atom stereocenters. The van der Waals surface area contributed by atoms with Crippen molar-refractivity contribution >= 4 is 5.91 Å². The number of nitrogens with zero attached hydrogens (tertiary/aromatic N) is 1. The van der Waals surface area contributed by atoms with Crippen LogP contribution in [0.15, 0.2) is 12.3 Å². The van der Waals surface area contributed by atoms with Gasteiger partial charge in [0.15, 0.2) is 0 Å². The van der Waals surface area contributed by atoms with Gasteiger partial charge in [-0.05, 0) is 59.7 Å². The van der Waals surface area contributed by atoms with Crippen molar-refractivity contribution in [3.05, 3.63) is 12.3 Å². The van der Waals surface area contributed by atoms with Crippen LogP contribution in [0.5, 0.6) is 0 Å². The Kier molecular flexibility index (Phi) is 30.6. The van der Waals surface area contributed by atoms with Gasteiger partial charge in [0, 0.05) is 37.3 Å². The molecule has 1 amide bonds. The van der Waals surface area contributed by atoms with Gasteiger partial charge < -0.3 is 20.9 Å². The molecule has 0 heterocycles. The van der Waals surface area contributed by atoms with Crippen LogP contribution in [0.2, 0.25) is 0 Å². The molecule has 0 aliphatic carbocycles.